The molecule has 2 N–H and O–H groups in total. The number of nitrogens with two attached hydrogens (primary N) is 1. The van der Waals surface area contributed by atoms with Gasteiger partial charge in [0.1, 0.15) is 16.3 Å². The minimum Gasteiger partial charge on any atom is -0.494 e. The molecule has 1 heterocycles. The van der Waals surface area contributed by atoms with Gasteiger partial charge in [0, 0.05) is 10.4 Å². The van der Waals surface area contributed by atoms with Gasteiger partial charge in [0.25, 0.3) is 0 Å². The molecule has 0 aliphatic heterocycles. The Labute approximate surface area is 128 Å². The first-order valence-electron chi connectivity index (χ1n) is 6.78. The summed E-state index contributed by atoms with van der Waals surface area (Å²) in [7, 11) is 1.36. The SMILES string of the molecule is CCCOc1ccc(-c2c(C)sc(N)c2C(=O)OC)cc1. The van der Waals surface area contributed by atoms with Crippen molar-refractivity contribution in [3.8, 4) is 16.9 Å². The van der Waals surface area contributed by atoms with Crippen LogP contribution in [0.25, 0.3) is 11.1 Å². The van der Waals surface area contributed by atoms with E-state index in [1.807, 2.05) is 31.2 Å². The Morgan fingerprint density at radius 1 is 1.29 bits per heavy atom. The Morgan fingerprint density at radius 3 is 2.52 bits per heavy atom. The Hall–Kier alpha value is -2.01. The number of benzene rings is 1. The molecule has 112 valence electrons. The summed E-state index contributed by atoms with van der Waals surface area (Å²) in [4.78, 5) is 12.9. The fourth-order valence-electron chi connectivity index (χ4n) is 2.16. The van der Waals surface area contributed by atoms with Crippen molar-refractivity contribution in [1.29, 1.82) is 0 Å². The summed E-state index contributed by atoms with van der Waals surface area (Å²) < 4.78 is 10.4. The lowest BCUT2D eigenvalue weighted by Gasteiger charge is -2.08. The van der Waals surface area contributed by atoms with Crippen LogP contribution in [0.2, 0.25) is 0 Å². The van der Waals surface area contributed by atoms with E-state index in [-0.39, 0.29) is 0 Å². The molecule has 0 atom stereocenters. The number of thiophene rings is 1. The maximum atomic E-state index is 11.9. The second-order valence-electron chi connectivity index (χ2n) is 4.64. The second kappa shape index (κ2) is 6.63. The highest BCUT2D eigenvalue weighted by Crippen LogP contribution is 2.38. The van der Waals surface area contributed by atoms with Gasteiger partial charge < -0.3 is 15.2 Å². The third-order valence-corrected chi connectivity index (χ3v) is 4.05. The first-order valence-corrected chi connectivity index (χ1v) is 7.60. The lowest BCUT2D eigenvalue weighted by atomic mass is 10.0. The number of methoxy groups -OCH3 is 1. The number of rotatable bonds is 5. The molecule has 4 nitrogen and oxygen atoms in total. The van der Waals surface area contributed by atoms with Gasteiger partial charge in [-0.15, -0.1) is 11.3 Å². The minimum atomic E-state index is -0.404. The average Bonchev–Trinajstić information content (AvgIpc) is 2.79. The molecule has 0 amide bonds. The number of aryl methyl sites for hydroxylation is 1. The molecule has 0 aliphatic carbocycles. The molecule has 0 bridgehead atoms. The molecule has 0 fully saturated rings. The van der Waals surface area contributed by atoms with E-state index in [1.54, 1.807) is 0 Å². The zero-order chi connectivity index (χ0) is 15.4. The average molecular weight is 305 g/mol. The van der Waals surface area contributed by atoms with E-state index >= 15 is 0 Å². The maximum absolute atomic E-state index is 11.9. The van der Waals surface area contributed by atoms with E-state index in [0.29, 0.717) is 17.2 Å². The van der Waals surface area contributed by atoms with Crippen LogP contribution in [0.1, 0.15) is 28.6 Å². The molecular formula is C16H19NO3S. The Morgan fingerprint density at radius 2 is 1.95 bits per heavy atom. The number of hydrogen-bond donors (Lipinski definition) is 1. The van der Waals surface area contributed by atoms with Gasteiger partial charge in [0.2, 0.25) is 0 Å². The van der Waals surface area contributed by atoms with Crippen LogP contribution in [0.15, 0.2) is 24.3 Å². The van der Waals surface area contributed by atoms with Gasteiger partial charge in [0.05, 0.1) is 13.7 Å². The predicted molar refractivity (Wildman–Crippen MR) is 86.0 cm³/mol. The molecule has 0 spiro atoms. The maximum Gasteiger partial charge on any atom is 0.341 e. The Balaban J connectivity index is 2.40. The van der Waals surface area contributed by atoms with Crippen molar-refractivity contribution in [2.45, 2.75) is 20.3 Å². The molecule has 0 saturated heterocycles. The van der Waals surface area contributed by atoms with Gasteiger partial charge in [0.15, 0.2) is 0 Å². The zero-order valence-electron chi connectivity index (χ0n) is 12.4. The summed E-state index contributed by atoms with van der Waals surface area (Å²) in [5, 5.41) is 0.487. The first kappa shape index (κ1) is 15.4. The van der Waals surface area contributed by atoms with Gasteiger partial charge in [-0.05, 0) is 31.0 Å². The van der Waals surface area contributed by atoms with Crippen LogP contribution in [-0.4, -0.2) is 19.7 Å². The number of ether oxygens (including phenoxy) is 2. The molecule has 1 aromatic carbocycles. The molecule has 2 aromatic rings. The molecule has 0 radical (unpaired) electrons. The lowest BCUT2D eigenvalue weighted by Crippen LogP contribution is -2.04. The van der Waals surface area contributed by atoms with Crippen LogP contribution in [0, 0.1) is 6.92 Å². The smallest absolute Gasteiger partial charge is 0.341 e. The molecule has 2 rings (SSSR count). The highest BCUT2D eigenvalue weighted by atomic mass is 32.1. The Kier molecular flexibility index (Phi) is 4.85. The van der Waals surface area contributed by atoms with Gasteiger partial charge in [-0.2, -0.15) is 0 Å². The topological polar surface area (TPSA) is 61.5 Å². The Bertz CT molecular complexity index is 632. The molecule has 0 unspecified atom stereocenters. The number of anilines is 1. The van der Waals surface area contributed by atoms with E-state index in [0.717, 1.165) is 28.2 Å². The van der Waals surface area contributed by atoms with E-state index in [2.05, 4.69) is 6.92 Å². The predicted octanol–water partition coefficient (Wildman–Crippen LogP) is 3.88. The van der Waals surface area contributed by atoms with Crippen molar-refractivity contribution >= 4 is 22.3 Å². The van der Waals surface area contributed by atoms with E-state index in [4.69, 9.17) is 15.2 Å². The van der Waals surface area contributed by atoms with Crippen molar-refractivity contribution in [3.63, 3.8) is 0 Å². The van der Waals surface area contributed by atoms with Gasteiger partial charge in [-0.1, -0.05) is 19.1 Å². The number of nitrogen functional groups attached to an aromatic ring is 1. The quantitative estimate of drug-likeness (QED) is 0.852. The van der Waals surface area contributed by atoms with Crippen LogP contribution in [-0.2, 0) is 4.74 Å². The van der Waals surface area contributed by atoms with Crippen LogP contribution in [0.4, 0.5) is 5.00 Å². The molecule has 21 heavy (non-hydrogen) atoms. The van der Waals surface area contributed by atoms with Gasteiger partial charge >= 0.3 is 5.97 Å². The summed E-state index contributed by atoms with van der Waals surface area (Å²) in [5.41, 5.74) is 8.17. The number of carbonyl (C=O) groups excluding carboxylic acids is 1. The van der Waals surface area contributed by atoms with Crippen molar-refractivity contribution in [1.82, 2.24) is 0 Å². The summed E-state index contributed by atoms with van der Waals surface area (Å²) in [5.74, 6) is 0.416. The van der Waals surface area contributed by atoms with Crippen LogP contribution in [0.3, 0.4) is 0 Å². The summed E-state index contributed by atoms with van der Waals surface area (Å²) in [6.45, 7) is 4.70. The zero-order valence-corrected chi connectivity index (χ0v) is 13.3. The van der Waals surface area contributed by atoms with Crippen LogP contribution >= 0.6 is 11.3 Å². The standard InChI is InChI=1S/C16H19NO3S/c1-4-9-20-12-7-5-11(6-8-12)13-10(2)21-15(17)14(13)16(18)19-3/h5-8H,4,9,17H2,1-3H3. The fraction of sp³-hybridized carbons (Fsp3) is 0.312. The number of carbonyl (C=O) groups is 1. The monoisotopic (exact) mass is 305 g/mol. The van der Waals surface area contributed by atoms with Gasteiger partial charge in [-0.25, -0.2) is 4.79 Å². The molecule has 0 aliphatic rings. The minimum absolute atomic E-state index is 0.404. The highest BCUT2D eigenvalue weighted by molar-refractivity contribution is 7.16. The largest absolute Gasteiger partial charge is 0.494 e. The fourth-order valence-corrected chi connectivity index (χ4v) is 3.10. The van der Waals surface area contributed by atoms with Crippen molar-refractivity contribution in [2.75, 3.05) is 19.5 Å². The number of hydrogen-bond acceptors (Lipinski definition) is 5. The number of esters is 1. The molecule has 5 heteroatoms. The van der Waals surface area contributed by atoms with Crippen molar-refractivity contribution < 1.29 is 14.3 Å². The van der Waals surface area contributed by atoms with E-state index < -0.39 is 5.97 Å². The highest BCUT2D eigenvalue weighted by Gasteiger charge is 2.22. The van der Waals surface area contributed by atoms with Crippen LogP contribution < -0.4 is 10.5 Å². The first-order chi connectivity index (χ1) is 10.1. The molecule has 1 aromatic heterocycles. The van der Waals surface area contributed by atoms with E-state index in [9.17, 15) is 4.79 Å². The van der Waals surface area contributed by atoms with Crippen LogP contribution in [0.5, 0.6) is 5.75 Å². The summed E-state index contributed by atoms with van der Waals surface area (Å²) >= 11 is 1.40. The second-order valence-corrected chi connectivity index (χ2v) is 5.89. The summed E-state index contributed by atoms with van der Waals surface area (Å²) in [6, 6.07) is 7.68. The molecular weight excluding hydrogens is 286 g/mol. The third-order valence-electron chi connectivity index (χ3n) is 3.12. The normalized spacial score (nSPS) is 10.4. The third kappa shape index (κ3) is 3.19. The molecule has 0 saturated carbocycles. The summed E-state index contributed by atoms with van der Waals surface area (Å²) in [6.07, 6.45) is 0.967. The van der Waals surface area contributed by atoms with Crippen molar-refractivity contribution in [2.24, 2.45) is 0 Å². The van der Waals surface area contributed by atoms with E-state index in [1.165, 1.54) is 18.4 Å². The van der Waals surface area contributed by atoms with Crippen molar-refractivity contribution in [3.05, 3.63) is 34.7 Å². The lowest BCUT2D eigenvalue weighted by molar-refractivity contribution is 0.0603. The van der Waals surface area contributed by atoms with Gasteiger partial charge in [-0.3, -0.25) is 0 Å².